The summed E-state index contributed by atoms with van der Waals surface area (Å²) in [5.41, 5.74) is 1.39. The lowest BCUT2D eigenvalue weighted by Gasteiger charge is -2.33. The standard InChI is InChI=1S/C18H20N2O3S/c21-17(22)14-7-5-13(6-8-14)15-3-1-9-20(12-15)18(23)19-11-16-4-2-10-24-16/h2,4-8,10,15H,1,3,9,11-12H2,(H,19,23)(H,21,22)/t15-/m0/s1. The van der Waals surface area contributed by atoms with E-state index in [0.717, 1.165) is 29.8 Å². The summed E-state index contributed by atoms with van der Waals surface area (Å²) in [6.45, 7) is 1.99. The predicted octanol–water partition coefficient (Wildman–Crippen LogP) is 3.54. The fourth-order valence-electron chi connectivity index (χ4n) is 3.02. The van der Waals surface area contributed by atoms with Crippen LogP contribution in [0.25, 0.3) is 0 Å². The molecular formula is C18H20N2O3S. The van der Waals surface area contributed by atoms with Crippen molar-refractivity contribution >= 4 is 23.3 Å². The first-order valence-electron chi connectivity index (χ1n) is 8.02. The SMILES string of the molecule is O=C(O)c1ccc([C@H]2CCCN(C(=O)NCc3cccs3)C2)cc1. The molecular weight excluding hydrogens is 324 g/mol. The number of benzene rings is 1. The molecule has 0 aliphatic carbocycles. The Hall–Kier alpha value is -2.34. The third kappa shape index (κ3) is 3.94. The van der Waals surface area contributed by atoms with Crippen LogP contribution in [0.4, 0.5) is 4.79 Å². The van der Waals surface area contributed by atoms with Gasteiger partial charge in [0.15, 0.2) is 0 Å². The molecule has 2 aromatic rings. The van der Waals surface area contributed by atoms with Crippen molar-refractivity contribution in [3.05, 3.63) is 57.8 Å². The molecule has 1 aromatic carbocycles. The first-order chi connectivity index (χ1) is 11.6. The van der Waals surface area contributed by atoms with Gasteiger partial charge in [0.25, 0.3) is 0 Å². The van der Waals surface area contributed by atoms with Crippen LogP contribution in [0.5, 0.6) is 0 Å². The van der Waals surface area contributed by atoms with Crippen LogP contribution in [0.3, 0.4) is 0 Å². The first-order valence-corrected chi connectivity index (χ1v) is 8.90. The molecule has 126 valence electrons. The molecule has 0 radical (unpaired) electrons. The molecule has 5 nitrogen and oxygen atoms in total. The number of likely N-dealkylation sites (tertiary alicyclic amines) is 1. The van der Waals surface area contributed by atoms with E-state index >= 15 is 0 Å². The summed E-state index contributed by atoms with van der Waals surface area (Å²) in [5, 5.41) is 13.9. The van der Waals surface area contributed by atoms with Gasteiger partial charge in [0, 0.05) is 23.9 Å². The Bertz CT molecular complexity index is 698. The van der Waals surface area contributed by atoms with Crippen molar-refractivity contribution in [3.8, 4) is 0 Å². The van der Waals surface area contributed by atoms with Gasteiger partial charge in [-0.15, -0.1) is 11.3 Å². The normalized spacial score (nSPS) is 17.5. The highest BCUT2D eigenvalue weighted by Gasteiger charge is 2.24. The van der Waals surface area contributed by atoms with Crippen LogP contribution in [0, 0.1) is 0 Å². The lowest BCUT2D eigenvalue weighted by Crippen LogP contribution is -2.44. The summed E-state index contributed by atoms with van der Waals surface area (Å²) in [6, 6.07) is 10.9. The van der Waals surface area contributed by atoms with E-state index in [2.05, 4.69) is 5.32 Å². The maximum atomic E-state index is 12.4. The van der Waals surface area contributed by atoms with Crippen molar-refractivity contribution in [1.29, 1.82) is 0 Å². The zero-order valence-electron chi connectivity index (χ0n) is 13.3. The van der Waals surface area contributed by atoms with E-state index < -0.39 is 5.97 Å². The van der Waals surface area contributed by atoms with Gasteiger partial charge in [0.05, 0.1) is 12.1 Å². The van der Waals surface area contributed by atoms with Crippen LogP contribution >= 0.6 is 11.3 Å². The molecule has 1 saturated heterocycles. The highest BCUT2D eigenvalue weighted by atomic mass is 32.1. The van der Waals surface area contributed by atoms with Gasteiger partial charge in [-0.3, -0.25) is 0 Å². The molecule has 1 aromatic heterocycles. The second kappa shape index (κ2) is 7.49. The van der Waals surface area contributed by atoms with Crippen LogP contribution in [-0.4, -0.2) is 35.1 Å². The maximum Gasteiger partial charge on any atom is 0.335 e. The molecule has 2 heterocycles. The molecule has 0 saturated carbocycles. The topological polar surface area (TPSA) is 69.6 Å². The van der Waals surface area contributed by atoms with E-state index in [1.54, 1.807) is 23.5 Å². The summed E-state index contributed by atoms with van der Waals surface area (Å²) in [4.78, 5) is 26.3. The van der Waals surface area contributed by atoms with Crippen molar-refractivity contribution in [3.63, 3.8) is 0 Å². The average molecular weight is 344 g/mol. The van der Waals surface area contributed by atoms with Crippen LogP contribution < -0.4 is 5.32 Å². The minimum absolute atomic E-state index is 0.0322. The molecule has 0 bridgehead atoms. The summed E-state index contributed by atoms with van der Waals surface area (Å²) < 4.78 is 0. The Balaban J connectivity index is 1.59. The van der Waals surface area contributed by atoms with Crippen LogP contribution in [0.2, 0.25) is 0 Å². The monoisotopic (exact) mass is 344 g/mol. The largest absolute Gasteiger partial charge is 0.478 e. The zero-order valence-corrected chi connectivity index (χ0v) is 14.1. The number of thiophene rings is 1. The van der Waals surface area contributed by atoms with Gasteiger partial charge in [0.2, 0.25) is 0 Å². The summed E-state index contributed by atoms with van der Waals surface area (Å²) in [5.74, 6) is -0.658. The van der Waals surface area contributed by atoms with Gasteiger partial charge in [-0.05, 0) is 42.0 Å². The number of carbonyl (C=O) groups excluding carboxylic acids is 1. The van der Waals surface area contributed by atoms with E-state index in [0.29, 0.717) is 18.7 Å². The van der Waals surface area contributed by atoms with Gasteiger partial charge in [0.1, 0.15) is 0 Å². The molecule has 2 amide bonds. The number of hydrogen-bond donors (Lipinski definition) is 2. The van der Waals surface area contributed by atoms with E-state index in [1.165, 1.54) is 0 Å². The van der Waals surface area contributed by atoms with Gasteiger partial charge < -0.3 is 15.3 Å². The highest BCUT2D eigenvalue weighted by Crippen LogP contribution is 2.27. The lowest BCUT2D eigenvalue weighted by molar-refractivity contribution is 0.0697. The minimum atomic E-state index is -0.917. The molecule has 1 aliphatic rings. The fourth-order valence-corrected chi connectivity index (χ4v) is 3.66. The number of carboxylic acids is 1. The van der Waals surface area contributed by atoms with E-state index in [-0.39, 0.29) is 11.9 Å². The highest BCUT2D eigenvalue weighted by molar-refractivity contribution is 7.09. The smallest absolute Gasteiger partial charge is 0.335 e. The zero-order chi connectivity index (χ0) is 16.9. The third-order valence-electron chi connectivity index (χ3n) is 4.33. The molecule has 0 spiro atoms. The third-order valence-corrected chi connectivity index (χ3v) is 5.21. The molecule has 24 heavy (non-hydrogen) atoms. The molecule has 3 rings (SSSR count). The van der Waals surface area contributed by atoms with Gasteiger partial charge in [-0.2, -0.15) is 0 Å². The maximum absolute atomic E-state index is 12.4. The van der Waals surface area contributed by atoms with Crippen LogP contribution in [0.1, 0.15) is 39.6 Å². The number of carboxylic acid groups (broad SMARTS) is 1. The van der Waals surface area contributed by atoms with Gasteiger partial charge >= 0.3 is 12.0 Å². The number of urea groups is 1. The molecule has 1 fully saturated rings. The molecule has 1 atom stereocenters. The van der Waals surface area contributed by atoms with E-state index in [4.69, 9.17) is 5.11 Å². The lowest BCUT2D eigenvalue weighted by atomic mass is 9.90. The van der Waals surface area contributed by atoms with Crippen molar-refractivity contribution in [1.82, 2.24) is 10.2 Å². The van der Waals surface area contributed by atoms with Gasteiger partial charge in [-0.25, -0.2) is 9.59 Å². The van der Waals surface area contributed by atoms with E-state index in [1.807, 2.05) is 34.5 Å². The van der Waals surface area contributed by atoms with Crippen molar-refractivity contribution < 1.29 is 14.7 Å². The summed E-state index contributed by atoms with van der Waals surface area (Å²) in [7, 11) is 0. The number of amides is 2. The number of carbonyl (C=O) groups is 2. The Labute approximate surface area is 144 Å². The van der Waals surface area contributed by atoms with Crippen LogP contribution in [0.15, 0.2) is 41.8 Å². The Morgan fingerprint density at radius 3 is 2.71 bits per heavy atom. The Morgan fingerprint density at radius 1 is 1.25 bits per heavy atom. The Morgan fingerprint density at radius 2 is 2.04 bits per heavy atom. The average Bonchev–Trinajstić information content (AvgIpc) is 3.13. The number of rotatable bonds is 4. The molecule has 0 unspecified atom stereocenters. The second-order valence-electron chi connectivity index (χ2n) is 5.95. The van der Waals surface area contributed by atoms with Crippen molar-refractivity contribution in [2.45, 2.75) is 25.3 Å². The number of aromatic carboxylic acids is 1. The second-order valence-corrected chi connectivity index (χ2v) is 6.98. The van der Waals surface area contributed by atoms with Gasteiger partial charge in [-0.1, -0.05) is 18.2 Å². The Kier molecular flexibility index (Phi) is 5.15. The predicted molar refractivity (Wildman–Crippen MR) is 93.5 cm³/mol. The van der Waals surface area contributed by atoms with Crippen molar-refractivity contribution in [2.75, 3.05) is 13.1 Å². The van der Waals surface area contributed by atoms with E-state index in [9.17, 15) is 9.59 Å². The minimum Gasteiger partial charge on any atom is -0.478 e. The van der Waals surface area contributed by atoms with Crippen molar-refractivity contribution in [2.24, 2.45) is 0 Å². The molecule has 2 N–H and O–H groups in total. The number of nitrogens with zero attached hydrogens (tertiary/aromatic N) is 1. The quantitative estimate of drug-likeness (QED) is 0.891. The number of nitrogens with one attached hydrogen (secondary N) is 1. The summed E-state index contributed by atoms with van der Waals surface area (Å²) >= 11 is 1.63. The number of piperidine rings is 1. The molecule has 1 aliphatic heterocycles. The molecule has 6 heteroatoms. The first kappa shape index (κ1) is 16.5. The summed E-state index contributed by atoms with van der Waals surface area (Å²) in [6.07, 6.45) is 1.97. The van der Waals surface area contributed by atoms with Crippen LogP contribution in [-0.2, 0) is 6.54 Å². The fraction of sp³-hybridized carbons (Fsp3) is 0.333. The number of hydrogen-bond acceptors (Lipinski definition) is 3.